The van der Waals surface area contributed by atoms with Crippen molar-refractivity contribution in [2.75, 3.05) is 14.2 Å². The van der Waals surface area contributed by atoms with Crippen molar-refractivity contribution in [1.29, 1.82) is 0 Å². The third-order valence-electron chi connectivity index (χ3n) is 4.45. The average molecular weight is 276 g/mol. The average Bonchev–Trinajstić information content (AvgIpc) is 2.47. The Kier molecular flexibility index (Phi) is 3.42. The molecule has 0 bridgehead atoms. The summed E-state index contributed by atoms with van der Waals surface area (Å²) in [5.74, 6) is 1.46. The topological polar surface area (TPSA) is 44.8 Å². The van der Waals surface area contributed by atoms with Crippen LogP contribution in [-0.4, -0.2) is 31.7 Å². The maximum Gasteiger partial charge on any atom is 0.170 e. The van der Waals surface area contributed by atoms with E-state index in [1.54, 1.807) is 20.3 Å². The van der Waals surface area contributed by atoms with Crippen LogP contribution < -0.4 is 9.47 Å². The number of benzene rings is 1. The second-order valence-electron chi connectivity index (χ2n) is 5.60. The maximum atomic E-state index is 12.5. The van der Waals surface area contributed by atoms with E-state index < -0.39 is 5.60 Å². The van der Waals surface area contributed by atoms with Crippen LogP contribution in [-0.2, 0) is 4.74 Å². The number of ketones is 1. The van der Waals surface area contributed by atoms with Gasteiger partial charge in [0, 0.05) is 7.11 Å². The van der Waals surface area contributed by atoms with Gasteiger partial charge in [0.25, 0.3) is 0 Å². The van der Waals surface area contributed by atoms with Crippen molar-refractivity contribution in [3.8, 4) is 11.5 Å². The third-order valence-corrected chi connectivity index (χ3v) is 4.45. The summed E-state index contributed by atoms with van der Waals surface area (Å²) in [7, 11) is 3.30. The highest BCUT2D eigenvalue weighted by Crippen LogP contribution is 2.43. The minimum atomic E-state index is -0.480. The molecule has 1 fully saturated rings. The minimum absolute atomic E-state index is 0.00421. The zero-order chi connectivity index (χ0) is 14.2. The Morgan fingerprint density at radius 2 is 2.15 bits per heavy atom. The van der Waals surface area contributed by atoms with E-state index in [0.717, 1.165) is 25.7 Å². The van der Waals surface area contributed by atoms with Gasteiger partial charge in [-0.05, 0) is 37.5 Å². The number of Topliss-reactive ketones (excluding diaryl/α,β-unsaturated/α-hetero) is 1. The number of hydrogen-bond acceptors (Lipinski definition) is 4. The van der Waals surface area contributed by atoms with Gasteiger partial charge in [-0.2, -0.15) is 0 Å². The van der Waals surface area contributed by atoms with Gasteiger partial charge >= 0.3 is 0 Å². The van der Waals surface area contributed by atoms with Crippen molar-refractivity contribution < 1.29 is 19.0 Å². The Morgan fingerprint density at radius 3 is 2.90 bits per heavy atom. The number of fused-ring (bicyclic) bond motifs is 1. The summed E-state index contributed by atoms with van der Waals surface area (Å²) in [6.07, 6.45) is 4.44. The van der Waals surface area contributed by atoms with Gasteiger partial charge in [0.2, 0.25) is 0 Å². The van der Waals surface area contributed by atoms with E-state index in [-0.39, 0.29) is 11.9 Å². The monoisotopic (exact) mass is 276 g/mol. The lowest BCUT2D eigenvalue weighted by molar-refractivity contribution is -0.102. The van der Waals surface area contributed by atoms with E-state index >= 15 is 0 Å². The highest BCUT2D eigenvalue weighted by atomic mass is 16.5. The molecule has 3 rings (SSSR count). The number of rotatable bonds is 2. The molecular weight excluding hydrogens is 256 g/mol. The quantitative estimate of drug-likeness (QED) is 0.833. The molecule has 1 aromatic carbocycles. The Labute approximate surface area is 119 Å². The molecule has 0 saturated heterocycles. The minimum Gasteiger partial charge on any atom is -0.497 e. The first-order chi connectivity index (χ1) is 9.68. The summed E-state index contributed by atoms with van der Waals surface area (Å²) in [5, 5.41) is 0. The fraction of sp³-hybridized carbons (Fsp3) is 0.562. The first-order valence-electron chi connectivity index (χ1n) is 7.11. The SMILES string of the molecule is COc1ccc2c(c1)C(=O)CC1(CCCCC1OC)O2. The summed E-state index contributed by atoms with van der Waals surface area (Å²) in [6, 6.07) is 5.42. The van der Waals surface area contributed by atoms with Crippen molar-refractivity contribution in [2.24, 2.45) is 0 Å². The summed E-state index contributed by atoms with van der Waals surface area (Å²) >= 11 is 0. The Hall–Kier alpha value is -1.55. The van der Waals surface area contributed by atoms with Gasteiger partial charge in [0.1, 0.15) is 17.1 Å². The van der Waals surface area contributed by atoms with Crippen molar-refractivity contribution in [1.82, 2.24) is 0 Å². The van der Waals surface area contributed by atoms with Crippen LogP contribution in [0.5, 0.6) is 11.5 Å². The molecule has 108 valence electrons. The van der Waals surface area contributed by atoms with Crippen LogP contribution in [0.25, 0.3) is 0 Å². The molecule has 4 heteroatoms. The van der Waals surface area contributed by atoms with E-state index in [4.69, 9.17) is 14.2 Å². The molecule has 1 saturated carbocycles. The van der Waals surface area contributed by atoms with Crippen LogP contribution in [0.3, 0.4) is 0 Å². The molecule has 4 nitrogen and oxygen atoms in total. The van der Waals surface area contributed by atoms with Crippen LogP contribution in [0, 0.1) is 0 Å². The van der Waals surface area contributed by atoms with Gasteiger partial charge in [-0.3, -0.25) is 4.79 Å². The Bertz CT molecular complexity index is 525. The highest BCUT2D eigenvalue weighted by molar-refractivity contribution is 6.00. The zero-order valence-electron chi connectivity index (χ0n) is 12.0. The second kappa shape index (κ2) is 5.09. The van der Waals surface area contributed by atoms with Crippen LogP contribution in [0.1, 0.15) is 42.5 Å². The molecule has 0 N–H and O–H groups in total. The molecule has 1 aromatic rings. The molecule has 1 aliphatic carbocycles. The van der Waals surface area contributed by atoms with E-state index in [0.29, 0.717) is 23.5 Å². The smallest absolute Gasteiger partial charge is 0.170 e. The largest absolute Gasteiger partial charge is 0.497 e. The summed E-state index contributed by atoms with van der Waals surface area (Å²) < 4.78 is 17.0. The van der Waals surface area contributed by atoms with Crippen molar-refractivity contribution in [3.63, 3.8) is 0 Å². The lowest BCUT2D eigenvalue weighted by Gasteiger charge is -2.45. The zero-order valence-corrected chi connectivity index (χ0v) is 12.0. The lowest BCUT2D eigenvalue weighted by Crippen LogP contribution is -2.54. The molecule has 1 aliphatic heterocycles. The van der Waals surface area contributed by atoms with E-state index in [2.05, 4.69) is 0 Å². The molecule has 20 heavy (non-hydrogen) atoms. The molecule has 2 aliphatic rings. The molecule has 2 unspecified atom stereocenters. The summed E-state index contributed by atoms with van der Waals surface area (Å²) in [4.78, 5) is 12.5. The standard InChI is InChI=1S/C16H20O4/c1-18-11-6-7-14-12(9-11)13(17)10-16(20-14)8-4-3-5-15(16)19-2/h6-7,9,15H,3-5,8,10H2,1-2H3. The van der Waals surface area contributed by atoms with Crippen molar-refractivity contribution in [2.45, 2.75) is 43.8 Å². The van der Waals surface area contributed by atoms with Gasteiger partial charge in [-0.15, -0.1) is 0 Å². The molecule has 1 heterocycles. The fourth-order valence-corrected chi connectivity index (χ4v) is 3.39. The number of carbonyl (C=O) groups is 1. The highest BCUT2D eigenvalue weighted by Gasteiger charge is 2.48. The second-order valence-corrected chi connectivity index (χ2v) is 5.60. The molecule has 0 aromatic heterocycles. The third kappa shape index (κ3) is 2.08. The molecule has 0 amide bonds. The molecular formula is C16H20O4. The van der Waals surface area contributed by atoms with Crippen LogP contribution >= 0.6 is 0 Å². The summed E-state index contributed by atoms with van der Waals surface area (Å²) in [5.41, 5.74) is 0.140. The lowest BCUT2D eigenvalue weighted by atomic mass is 9.76. The van der Waals surface area contributed by atoms with E-state index in [1.165, 1.54) is 0 Å². The molecule has 2 atom stereocenters. The summed E-state index contributed by atoms with van der Waals surface area (Å²) in [6.45, 7) is 0. The Morgan fingerprint density at radius 1 is 1.30 bits per heavy atom. The molecule has 0 radical (unpaired) electrons. The predicted molar refractivity (Wildman–Crippen MR) is 74.6 cm³/mol. The van der Waals surface area contributed by atoms with Gasteiger partial charge in [0.05, 0.1) is 25.2 Å². The van der Waals surface area contributed by atoms with Crippen LogP contribution in [0.15, 0.2) is 18.2 Å². The van der Waals surface area contributed by atoms with E-state index in [1.807, 2.05) is 12.1 Å². The van der Waals surface area contributed by atoms with Crippen molar-refractivity contribution >= 4 is 5.78 Å². The fourth-order valence-electron chi connectivity index (χ4n) is 3.39. The van der Waals surface area contributed by atoms with Crippen molar-refractivity contribution in [3.05, 3.63) is 23.8 Å². The van der Waals surface area contributed by atoms with Crippen LogP contribution in [0.2, 0.25) is 0 Å². The normalized spacial score (nSPS) is 28.9. The predicted octanol–water partition coefficient (Wildman–Crippen LogP) is 2.99. The first kappa shape index (κ1) is 13.4. The number of ether oxygens (including phenoxy) is 3. The number of hydrogen-bond donors (Lipinski definition) is 0. The van der Waals surface area contributed by atoms with E-state index in [9.17, 15) is 4.79 Å². The number of carbonyl (C=O) groups excluding carboxylic acids is 1. The van der Waals surface area contributed by atoms with Gasteiger partial charge in [0.15, 0.2) is 5.78 Å². The van der Waals surface area contributed by atoms with Crippen LogP contribution in [0.4, 0.5) is 0 Å². The van der Waals surface area contributed by atoms with Gasteiger partial charge in [-0.1, -0.05) is 6.42 Å². The maximum absolute atomic E-state index is 12.5. The number of methoxy groups -OCH3 is 2. The first-order valence-corrected chi connectivity index (χ1v) is 7.11. The molecule has 1 spiro atoms. The van der Waals surface area contributed by atoms with Gasteiger partial charge < -0.3 is 14.2 Å². The Balaban J connectivity index is 1.97. The van der Waals surface area contributed by atoms with Gasteiger partial charge in [-0.25, -0.2) is 0 Å².